The number of β-lactam (4-membered cyclic amide) rings is 1. The number of nitrogens with zero attached hydrogens (tertiary/aromatic N) is 3. The number of likely N-dealkylation sites (tertiary alicyclic amines) is 1. The van der Waals surface area contributed by atoms with Gasteiger partial charge in [-0.2, -0.15) is 0 Å². The van der Waals surface area contributed by atoms with Crippen molar-refractivity contribution in [2.45, 2.75) is 18.5 Å². The number of para-hydroxylation sites is 1. The van der Waals surface area contributed by atoms with Crippen LogP contribution in [-0.2, 0) is 16.0 Å². The topological polar surface area (TPSA) is 157 Å². The van der Waals surface area contributed by atoms with Crippen molar-refractivity contribution in [1.29, 1.82) is 0 Å². The summed E-state index contributed by atoms with van der Waals surface area (Å²) < 4.78 is 10.9. The van der Waals surface area contributed by atoms with Crippen molar-refractivity contribution in [3.05, 3.63) is 77.7 Å². The van der Waals surface area contributed by atoms with Gasteiger partial charge < -0.3 is 25.6 Å². The van der Waals surface area contributed by atoms with Crippen LogP contribution in [0, 0.1) is 5.92 Å². The number of anilines is 1. The van der Waals surface area contributed by atoms with E-state index in [1.54, 1.807) is 48.7 Å². The third-order valence-electron chi connectivity index (χ3n) is 6.05. The molecule has 3 amide bonds. The molecular weight excluding hydrogens is 466 g/mol. The van der Waals surface area contributed by atoms with Gasteiger partial charge in [0.15, 0.2) is 6.04 Å². The number of imide groups is 1. The zero-order valence-electron chi connectivity index (χ0n) is 19.6. The maximum Gasteiger partial charge on any atom is 0.327 e. The van der Waals surface area contributed by atoms with Crippen LogP contribution in [0.4, 0.5) is 10.6 Å². The Morgan fingerprint density at radius 2 is 1.83 bits per heavy atom. The molecule has 36 heavy (non-hydrogen) atoms. The minimum absolute atomic E-state index is 0.110. The number of urea groups is 1. The second-order valence-corrected chi connectivity index (χ2v) is 8.13. The third kappa shape index (κ3) is 4.63. The number of ether oxygens (including phenoxy) is 2. The Labute approximate surface area is 206 Å². The molecular formula is C25H25N5O6. The van der Waals surface area contributed by atoms with Crippen molar-refractivity contribution < 1.29 is 29.0 Å². The molecule has 11 heteroatoms. The van der Waals surface area contributed by atoms with Crippen molar-refractivity contribution in [3.63, 3.8) is 0 Å². The average Bonchev–Trinajstić information content (AvgIpc) is 2.88. The molecule has 3 atom stereocenters. The Hall–Kier alpha value is -4.67. The van der Waals surface area contributed by atoms with Crippen molar-refractivity contribution in [2.75, 3.05) is 20.0 Å². The van der Waals surface area contributed by atoms with Crippen LogP contribution in [0.1, 0.15) is 22.7 Å². The standard InChI is InChI=1S/C25H25N5O6/c1-35-18-6-4-3-5-15(18)21(17-13-27-9-8-19(17)36-2)29-25(34)30-22(24(32)33)16(23(30)31)11-14-7-10-28-20(26)12-14/h3-10,12-13,16,21-22H,11H2,1-2H3,(H2,26,28)(H,29,34)(H,32,33)/t16-,21?,22+/m1/s1. The van der Waals surface area contributed by atoms with E-state index in [1.807, 2.05) is 0 Å². The number of methoxy groups -OCH3 is 2. The number of carbonyl (C=O) groups is 3. The molecule has 0 radical (unpaired) electrons. The summed E-state index contributed by atoms with van der Waals surface area (Å²) in [7, 11) is 2.98. The molecule has 1 fully saturated rings. The predicted molar refractivity (Wildman–Crippen MR) is 128 cm³/mol. The molecule has 4 N–H and O–H groups in total. The lowest BCUT2D eigenvalue weighted by atomic mass is 9.82. The monoisotopic (exact) mass is 491 g/mol. The lowest BCUT2D eigenvalue weighted by Gasteiger charge is -2.43. The van der Waals surface area contributed by atoms with Crippen molar-refractivity contribution >= 4 is 23.7 Å². The fourth-order valence-corrected chi connectivity index (χ4v) is 4.35. The molecule has 1 aliphatic rings. The summed E-state index contributed by atoms with van der Waals surface area (Å²) >= 11 is 0. The Morgan fingerprint density at radius 1 is 1.11 bits per heavy atom. The molecule has 186 valence electrons. The quantitative estimate of drug-likeness (QED) is 0.401. The summed E-state index contributed by atoms with van der Waals surface area (Å²) in [4.78, 5) is 47.2. The minimum atomic E-state index is -1.35. The largest absolute Gasteiger partial charge is 0.496 e. The van der Waals surface area contributed by atoms with E-state index in [9.17, 15) is 19.5 Å². The zero-order chi connectivity index (χ0) is 25.8. The molecule has 1 aromatic carbocycles. The molecule has 0 spiro atoms. The predicted octanol–water partition coefficient (Wildman–Crippen LogP) is 2.03. The van der Waals surface area contributed by atoms with Gasteiger partial charge in [0.25, 0.3) is 0 Å². The van der Waals surface area contributed by atoms with E-state index in [1.165, 1.54) is 26.6 Å². The molecule has 11 nitrogen and oxygen atoms in total. The van der Waals surface area contributed by atoms with E-state index in [0.29, 0.717) is 28.2 Å². The van der Waals surface area contributed by atoms with Crippen LogP contribution in [-0.4, -0.2) is 58.1 Å². The highest BCUT2D eigenvalue weighted by atomic mass is 16.5. The summed E-state index contributed by atoms with van der Waals surface area (Å²) in [6.45, 7) is 0. The zero-order valence-corrected chi connectivity index (χ0v) is 19.6. The number of benzene rings is 1. The highest BCUT2D eigenvalue weighted by Gasteiger charge is 2.55. The van der Waals surface area contributed by atoms with E-state index in [0.717, 1.165) is 4.90 Å². The number of amides is 3. The van der Waals surface area contributed by atoms with Gasteiger partial charge in [0.05, 0.1) is 26.2 Å². The molecule has 1 saturated heterocycles. The van der Waals surface area contributed by atoms with Gasteiger partial charge in [0.1, 0.15) is 17.3 Å². The van der Waals surface area contributed by atoms with Crippen LogP contribution in [0.15, 0.2) is 61.1 Å². The van der Waals surface area contributed by atoms with Crippen LogP contribution in [0.25, 0.3) is 0 Å². The van der Waals surface area contributed by atoms with Gasteiger partial charge in [-0.15, -0.1) is 0 Å². The average molecular weight is 492 g/mol. The van der Waals surface area contributed by atoms with Crippen LogP contribution in [0.3, 0.4) is 0 Å². The van der Waals surface area contributed by atoms with E-state index >= 15 is 0 Å². The van der Waals surface area contributed by atoms with E-state index in [2.05, 4.69) is 15.3 Å². The number of carbonyl (C=O) groups excluding carboxylic acids is 2. The molecule has 1 aliphatic heterocycles. The van der Waals surface area contributed by atoms with Gasteiger partial charge in [-0.25, -0.2) is 19.5 Å². The lowest BCUT2D eigenvalue weighted by Crippen LogP contribution is -2.68. The number of hydrogen-bond acceptors (Lipinski definition) is 8. The number of hydrogen-bond donors (Lipinski definition) is 3. The van der Waals surface area contributed by atoms with Crippen LogP contribution in [0.2, 0.25) is 0 Å². The van der Waals surface area contributed by atoms with Crippen LogP contribution < -0.4 is 20.5 Å². The maximum atomic E-state index is 13.4. The maximum absolute atomic E-state index is 13.4. The number of nitrogens with two attached hydrogens (primary N) is 1. The summed E-state index contributed by atoms with van der Waals surface area (Å²) in [5.41, 5.74) is 7.42. The normalized spacial score (nSPS) is 17.6. The fourth-order valence-electron chi connectivity index (χ4n) is 4.35. The number of pyridine rings is 2. The molecule has 3 heterocycles. The number of rotatable bonds is 8. The molecule has 1 unspecified atom stereocenters. The number of carboxylic acid groups (broad SMARTS) is 1. The van der Waals surface area contributed by atoms with E-state index in [-0.39, 0.29) is 12.2 Å². The van der Waals surface area contributed by atoms with Crippen LogP contribution in [0.5, 0.6) is 11.5 Å². The van der Waals surface area contributed by atoms with Gasteiger partial charge in [-0.1, -0.05) is 18.2 Å². The van der Waals surface area contributed by atoms with E-state index in [4.69, 9.17) is 15.2 Å². The van der Waals surface area contributed by atoms with Crippen molar-refractivity contribution in [2.24, 2.45) is 5.92 Å². The number of carboxylic acids is 1. The van der Waals surface area contributed by atoms with Gasteiger partial charge in [0.2, 0.25) is 5.91 Å². The minimum Gasteiger partial charge on any atom is -0.496 e. The molecule has 3 aromatic rings. The third-order valence-corrected chi connectivity index (χ3v) is 6.05. The smallest absolute Gasteiger partial charge is 0.327 e. The van der Waals surface area contributed by atoms with Gasteiger partial charge >= 0.3 is 12.0 Å². The fraction of sp³-hybridized carbons (Fsp3) is 0.240. The Bertz CT molecular complexity index is 1250. The number of nitrogens with one attached hydrogen (secondary N) is 1. The second kappa shape index (κ2) is 10.3. The van der Waals surface area contributed by atoms with Crippen molar-refractivity contribution in [3.8, 4) is 11.5 Å². The van der Waals surface area contributed by atoms with Gasteiger partial charge in [-0.05, 0) is 36.2 Å². The first-order valence-corrected chi connectivity index (χ1v) is 11.0. The summed E-state index contributed by atoms with van der Waals surface area (Å²) in [5.74, 6) is -1.64. The van der Waals surface area contributed by atoms with E-state index < -0.39 is 35.9 Å². The molecule has 0 bridgehead atoms. The highest BCUT2D eigenvalue weighted by Crippen LogP contribution is 2.36. The molecule has 2 aromatic heterocycles. The summed E-state index contributed by atoms with van der Waals surface area (Å²) in [5, 5.41) is 12.6. The first-order chi connectivity index (χ1) is 17.3. The van der Waals surface area contributed by atoms with Gasteiger partial charge in [0, 0.05) is 29.7 Å². The Balaban J connectivity index is 1.64. The summed E-state index contributed by atoms with van der Waals surface area (Å²) in [6.07, 6.45) is 4.66. The Kier molecular flexibility index (Phi) is 7.00. The first-order valence-electron chi connectivity index (χ1n) is 11.0. The summed E-state index contributed by atoms with van der Waals surface area (Å²) in [6, 6.07) is 8.82. The first kappa shape index (κ1) is 24.5. The second-order valence-electron chi connectivity index (χ2n) is 8.13. The Morgan fingerprint density at radius 3 is 2.53 bits per heavy atom. The number of nitrogen functional groups attached to an aromatic ring is 1. The van der Waals surface area contributed by atoms with Crippen LogP contribution >= 0.6 is 0 Å². The molecule has 0 saturated carbocycles. The lowest BCUT2D eigenvalue weighted by molar-refractivity contribution is -0.165. The van der Waals surface area contributed by atoms with Crippen molar-refractivity contribution in [1.82, 2.24) is 20.2 Å². The highest BCUT2D eigenvalue weighted by molar-refractivity contribution is 6.07. The molecule has 4 rings (SSSR count). The molecule has 0 aliphatic carbocycles. The number of aromatic nitrogens is 2. The SMILES string of the molecule is COc1ccccc1C(NC(=O)N1C(=O)[C@H](Cc2ccnc(N)c2)[C@H]1C(=O)O)c1cnccc1OC. The van der Waals surface area contributed by atoms with Gasteiger partial charge in [-0.3, -0.25) is 9.78 Å². The number of aliphatic carboxylic acids is 1.